The Labute approximate surface area is 137 Å². The molecule has 1 aromatic carbocycles. The Morgan fingerprint density at radius 1 is 1.20 bits per heavy atom. The van der Waals surface area contributed by atoms with E-state index in [0.29, 0.717) is 16.5 Å². The van der Waals surface area contributed by atoms with E-state index in [2.05, 4.69) is 0 Å². The number of hydrogen-bond acceptors (Lipinski definition) is 2. The molecule has 0 spiro atoms. The van der Waals surface area contributed by atoms with Crippen LogP contribution in [-0.4, -0.2) is 17.1 Å². The molecular formula is C13H15Cl4NO2. The van der Waals surface area contributed by atoms with E-state index in [-0.39, 0.29) is 21.9 Å². The van der Waals surface area contributed by atoms with Crippen LogP contribution < -0.4 is 5.73 Å². The molecule has 3 nitrogen and oxygen atoms in total. The average molecular weight is 359 g/mol. The molecule has 0 aliphatic carbocycles. The summed E-state index contributed by atoms with van der Waals surface area (Å²) in [6.07, 6.45) is 0.324. The molecule has 0 aliphatic heterocycles. The van der Waals surface area contributed by atoms with Crippen molar-refractivity contribution in [1.29, 1.82) is 0 Å². The Hall–Kier alpha value is -0.190. The molecular weight excluding hydrogens is 344 g/mol. The predicted octanol–water partition coefficient (Wildman–Crippen LogP) is 4.84. The van der Waals surface area contributed by atoms with Crippen molar-refractivity contribution in [3.63, 3.8) is 0 Å². The molecule has 0 radical (unpaired) electrons. The lowest BCUT2D eigenvalue weighted by Crippen LogP contribution is -2.32. The zero-order chi connectivity index (χ0) is 15.6. The lowest BCUT2D eigenvalue weighted by molar-refractivity contribution is -0.138. The van der Waals surface area contributed by atoms with Gasteiger partial charge in [-0.3, -0.25) is 4.79 Å². The van der Waals surface area contributed by atoms with Gasteiger partial charge in [0.2, 0.25) is 0 Å². The normalized spacial score (nSPS) is 15.8. The molecule has 0 fully saturated rings. The van der Waals surface area contributed by atoms with Gasteiger partial charge in [0.1, 0.15) is 6.04 Å². The molecule has 0 heterocycles. The molecule has 7 heteroatoms. The van der Waals surface area contributed by atoms with Crippen molar-refractivity contribution in [3.05, 3.63) is 31.7 Å². The molecule has 3 N–H and O–H groups in total. The number of hydrogen-bond donors (Lipinski definition) is 2. The summed E-state index contributed by atoms with van der Waals surface area (Å²) in [7, 11) is 0. The highest BCUT2D eigenvalue weighted by atomic mass is 35.5. The van der Waals surface area contributed by atoms with Crippen molar-refractivity contribution in [2.75, 3.05) is 0 Å². The number of halogens is 4. The minimum atomic E-state index is -1.03. The fourth-order valence-electron chi connectivity index (χ4n) is 1.93. The fraction of sp³-hybridized carbons (Fsp3) is 0.462. The summed E-state index contributed by atoms with van der Waals surface area (Å²) < 4.78 is 0. The molecule has 0 aliphatic rings. The first-order valence-electron chi connectivity index (χ1n) is 5.98. The molecule has 1 aromatic rings. The first-order chi connectivity index (χ1) is 9.16. The topological polar surface area (TPSA) is 63.3 Å². The van der Waals surface area contributed by atoms with Crippen LogP contribution in [0.1, 0.15) is 31.7 Å². The van der Waals surface area contributed by atoms with Gasteiger partial charge in [-0.2, -0.15) is 0 Å². The summed E-state index contributed by atoms with van der Waals surface area (Å²) in [6.45, 7) is 3.82. The highest BCUT2D eigenvalue weighted by Crippen LogP contribution is 2.42. The van der Waals surface area contributed by atoms with Crippen LogP contribution in [0.2, 0.25) is 20.1 Å². The fourth-order valence-corrected chi connectivity index (χ4v) is 2.92. The summed E-state index contributed by atoms with van der Waals surface area (Å²) in [5.74, 6) is -1.09. The van der Waals surface area contributed by atoms with E-state index in [0.717, 1.165) is 5.56 Å². The van der Waals surface area contributed by atoms with Crippen LogP contribution in [0.5, 0.6) is 0 Å². The zero-order valence-electron chi connectivity index (χ0n) is 11.0. The van der Waals surface area contributed by atoms with Crippen LogP contribution in [-0.2, 0) is 4.79 Å². The number of carboxylic acids is 1. The van der Waals surface area contributed by atoms with E-state index in [9.17, 15) is 4.79 Å². The third-order valence-electron chi connectivity index (χ3n) is 3.42. The summed E-state index contributed by atoms with van der Waals surface area (Å²) >= 11 is 24.1. The van der Waals surface area contributed by atoms with E-state index in [4.69, 9.17) is 57.2 Å². The maximum absolute atomic E-state index is 10.8. The van der Waals surface area contributed by atoms with Crippen molar-refractivity contribution < 1.29 is 9.90 Å². The number of carbonyl (C=O) groups is 1. The lowest BCUT2D eigenvalue weighted by Gasteiger charge is -2.23. The van der Waals surface area contributed by atoms with Crippen molar-refractivity contribution >= 4 is 52.4 Å². The van der Waals surface area contributed by atoms with Crippen molar-refractivity contribution in [2.45, 2.75) is 32.2 Å². The van der Waals surface area contributed by atoms with Crippen molar-refractivity contribution in [1.82, 2.24) is 0 Å². The molecule has 3 atom stereocenters. The monoisotopic (exact) mass is 357 g/mol. The summed E-state index contributed by atoms with van der Waals surface area (Å²) in [4.78, 5) is 10.8. The van der Waals surface area contributed by atoms with Crippen molar-refractivity contribution in [3.8, 4) is 0 Å². The van der Waals surface area contributed by atoms with E-state index in [1.807, 2.05) is 13.8 Å². The van der Waals surface area contributed by atoms with Crippen molar-refractivity contribution in [2.24, 2.45) is 11.7 Å². The van der Waals surface area contributed by atoms with Gasteiger partial charge in [0.05, 0.1) is 20.1 Å². The van der Waals surface area contributed by atoms with Crippen LogP contribution >= 0.6 is 46.4 Å². The second-order valence-corrected chi connectivity index (χ2v) is 6.38. The number of aliphatic carboxylic acids is 1. The Morgan fingerprint density at radius 3 is 2.25 bits per heavy atom. The van der Waals surface area contributed by atoms with Gasteiger partial charge in [-0.05, 0) is 29.9 Å². The predicted molar refractivity (Wildman–Crippen MR) is 84.3 cm³/mol. The molecule has 0 bridgehead atoms. The molecule has 3 unspecified atom stereocenters. The second kappa shape index (κ2) is 7.19. The maximum Gasteiger partial charge on any atom is 0.320 e. The minimum Gasteiger partial charge on any atom is -0.480 e. The minimum absolute atomic E-state index is 0.00749. The smallest absolute Gasteiger partial charge is 0.320 e. The van der Waals surface area contributed by atoms with Gasteiger partial charge in [-0.25, -0.2) is 0 Å². The van der Waals surface area contributed by atoms with E-state index < -0.39 is 12.0 Å². The summed E-state index contributed by atoms with van der Waals surface area (Å²) in [6, 6.07) is 0.746. The standard InChI is InChI=1S/C13H15Cl4NO2/c1-5(3-9(18)13(19)20)6(2)7-4-8(14)11(16)12(17)10(7)15/h4-6,9H,3,18H2,1-2H3,(H,19,20). The third-order valence-corrected chi connectivity index (χ3v) is 5.18. The number of benzene rings is 1. The van der Waals surface area contributed by atoms with Gasteiger partial charge in [0.15, 0.2) is 0 Å². The Kier molecular flexibility index (Phi) is 6.42. The summed E-state index contributed by atoms with van der Waals surface area (Å²) in [5.41, 5.74) is 6.28. The highest BCUT2D eigenvalue weighted by Gasteiger charge is 2.24. The van der Waals surface area contributed by atoms with Crippen LogP contribution in [0.3, 0.4) is 0 Å². The largest absolute Gasteiger partial charge is 0.480 e. The van der Waals surface area contributed by atoms with Gasteiger partial charge in [-0.15, -0.1) is 0 Å². The Bertz CT molecular complexity index is 522. The van der Waals surface area contributed by atoms with Gasteiger partial charge in [0, 0.05) is 0 Å². The molecule has 1 rings (SSSR count). The van der Waals surface area contributed by atoms with Crippen LogP contribution in [0.15, 0.2) is 6.07 Å². The Balaban J connectivity index is 3.03. The number of carboxylic acid groups (broad SMARTS) is 1. The van der Waals surface area contributed by atoms with Gasteiger partial charge < -0.3 is 10.8 Å². The molecule has 0 saturated carbocycles. The SMILES string of the molecule is CC(CC(N)C(=O)O)C(C)c1cc(Cl)c(Cl)c(Cl)c1Cl. The number of rotatable bonds is 5. The quantitative estimate of drug-likeness (QED) is 0.584. The molecule has 20 heavy (non-hydrogen) atoms. The van der Waals surface area contributed by atoms with Crippen LogP contribution in [0.4, 0.5) is 0 Å². The second-order valence-electron chi connectivity index (χ2n) is 4.84. The third kappa shape index (κ3) is 3.92. The number of nitrogens with two attached hydrogens (primary N) is 1. The maximum atomic E-state index is 10.8. The van der Waals surface area contributed by atoms with E-state index in [1.165, 1.54) is 0 Å². The van der Waals surface area contributed by atoms with Crippen LogP contribution in [0, 0.1) is 5.92 Å². The molecule has 0 saturated heterocycles. The molecule has 112 valence electrons. The highest BCUT2D eigenvalue weighted by molar-refractivity contribution is 6.52. The first-order valence-corrected chi connectivity index (χ1v) is 7.49. The first kappa shape index (κ1) is 17.9. The van der Waals surface area contributed by atoms with Crippen LogP contribution in [0.25, 0.3) is 0 Å². The Morgan fingerprint density at radius 2 is 1.75 bits per heavy atom. The molecule has 0 amide bonds. The lowest BCUT2D eigenvalue weighted by atomic mass is 9.85. The average Bonchev–Trinajstić information content (AvgIpc) is 2.39. The zero-order valence-corrected chi connectivity index (χ0v) is 14.0. The van der Waals surface area contributed by atoms with E-state index >= 15 is 0 Å². The van der Waals surface area contributed by atoms with Gasteiger partial charge in [0.25, 0.3) is 0 Å². The molecule has 0 aromatic heterocycles. The van der Waals surface area contributed by atoms with E-state index in [1.54, 1.807) is 6.07 Å². The van der Waals surface area contributed by atoms with Gasteiger partial charge >= 0.3 is 5.97 Å². The summed E-state index contributed by atoms with van der Waals surface area (Å²) in [5, 5.41) is 9.92. The van der Waals surface area contributed by atoms with Gasteiger partial charge in [-0.1, -0.05) is 60.3 Å².